The maximum absolute atomic E-state index is 13.3. The van der Waals surface area contributed by atoms with Crippen molar-refractivity contribution in [2.24, 2.45) is 0 Å². The molecule has 1 atom stereocenters. The SMILES string of the molecule is CCc1nc2ccc(N3CCC([OH+]S(C)(=O)=O)C3)nn2c1N(C)c1nc(-c2ccc(F)cc2)cs1. The van der Waals surface area contributed by atoms with Crippen LogP contribution in [0.15, 0.2) is 41.8 Å². The van der Waals surface area contributed by atoms with Crippen LogP contribution in [0, 0.1) is 5.82 Å². The van der Waals surface area contributed by atoms with Gasteiger partial charge in [-0.3, -0.25) is 0 Å². The summed E-state index contributed by atoms with van der Waals surface area (Å²) in [5, 5.41) is 7.57. The van der Waals surface area contributed by atoms with Gasteiger partial charge in [0.15, 0.2) is 22.7 Å². The summed E-state index contributed by atoms with van der Waals surface area (Å²) in [5.41, 5.74) is 3.23. The van der Waals surface area contributed by atoms with Gasteiger partial charge in [-0.25, -0.2) is 14.4 Å². The molecule has 1 saturated heterocycles. The zero-order valence-corrected chi connectivity index (χ0v) is 21.2. The third-order valence-electron chi connectivity index (χ3n) is 5.91. The van der Waals surface area contributed by atoms with Crippen molar-refractivity contribution in [2.45, 2.75) is 25.9 Å². The molecule has 4 heterocycles. The molecule has 1 aliphatic rings. The largest absolute Gasteiger partial charge is 0.376 e. The Bertz CT molecular complexity index is 1470. The summed E-state index contributed by atoms with van der Waals surface area (Å²) in [6, 6.07) is 10.1. The number of benzene rings is 1. The van der Waals surface area contributed by atoms with E-state index < -0.39 is 10.1 Å². The minimum absolute atomic E-state index is 0.265. The fraction of sp³-hybridized carbons (Fsp3) is 0.348. The van der Waals surface area contributed by atoms with Crippen LogP contribution in [0.1, 0.15) is 19.0 Å². The lowest BCUT2D eigenvalue weighted by atomic mass is 10.2. The highest BCUT2D eigenvalue weighted by Crippen LogP contribution is 2.34. The van der Waals surface area contributed by atoms with Gasteiger partial charge in [0.1, 0.15) is 17.9 Å². The molecule has 0 spiro atoms. The number of imidazole rings is 1. The molecule has 1 unspecified atom stereocenters. The van der Waals surface area contributed by atoms with Crippen LogP contribution in [0.3, 0.4) is 0 Å². The second kappa shape index (κ2) is 9.17. The fourth-order valence-electron chi connectivity index (χ4n) is 4.27. The molecular weight excluding hydrogens is 491 g/mol. The predicted molar refractivity (Wildman–Crippen MR) is 136 cm³/mol. The number of hydrogen-bond acceptors (Lipinski definition) is 8. The molecular formula is C23H26FN6O3S2+. The smallest absolute Gasteiger partial charge is 0.347 e. The van der Waals surface area contributed by atoms with Gasteiger partial charge in [-0.05, 0) is 42.8 Å². The number of thiazole rings is 1. The predicted octanol–water partition coefficient (Wildman–Crippen LogP) is 3.39. The molecule has 0 aliphatic carbocycles. The van der Waals surface area contributed by atoms with Crippen molar-refractivity contribution in [3.63, 3.8) is 0 Å². The number of aliphatic hydroxyl groups is 1. The van der Waals surface area contributed by atoms with Gasteiger partial charge >= 0.3 is 10.1 Å². The number of anilines is 3. The van der Waals surface area contributed by atoms with Crippen molar-refractivity contribution >= 4 is 43.9 Å². The molecule has 1 aliphatic heterocycles. The Hall–Kier alpha value is -3.09. The standard InChI is InChI=1S/C23H25FN6O3S2/c1-4-18-22(28(2)23-26-19(14-34-23)15-5-7-16(24)8-6-15)30-20(25-18)9-10-21(27-30)29-12-11-17(13-29)33-35(3,31)32/h5-10,14,17H,4,11-13H2,1-3H3/p+1. The summed E-state index contributed by atoms with van der Waals surface area (Å²) in [5.74, 6) is 1.28. The van der Waals surface area contributed by atoms with Crippen LogP contribution in [-0.2, 0) is 16.5 Å². The summed E-state index contributed by atoms with van der Waals surface area (Å²) in [4.78, 5) is 13.5. The van der Waals surface area contributed by atoms with E-state index in [0.29, 0.717) is 25.9 Å². The van der Waals surface area contributed by atoms with Gasteiger partial charge in [0, 0.05) is 31.0 Å². The highest BCUT2D eigenvalue weighted by atomic mass is 32.2. The van der Waals surface area contributed by atoms with E-state index in [-0.39, 0.29) is 11.9 Å². The van der Waals surface area contributed by atoms with Crippen LogP contribution in [0.2, 0.25) is 0 Å². The van der Waals surface area contributed by atoms with Crippen LogP contribution < -0.4 is 9.80 Å². The monoisotopic (exact) mass is 517 g/mol. The second-order valence-electron chi connectivity index (χ2n) is 8.51. The molecule has 1 fully saturated rings. The molecule has 184 valence electrons. The lowest BCUT2D eigenvalue weighted by molar-refractivity contribution is 0.0780. The molecule has 9 nitrogen and oxygen atoms in total. The Morgan fingerprint density at radius 1 is 1.20 bits per heavy atom. The van der Waals surface area contributed by atoms with E-state index in [2.05, 4.69) is 4.18 Å². The van der Waals surface area contributed by atoms with Crippen molar-refractivity contribution in [2.75, 3.05) is 36.2 Å². The van der Waals surface area contributed by atoms with Gasteiger partial charge in [-0.15, -0.1) is 16.4 Å². The summed E-state index contributed by atoms with van der Waals surface area (Å²) < 4.78 is 42.2. The summed E-state index contributed by atoms with van der Waals surface area (Å²) in [6.45, 7) is 3.22. The third kappa shape index (κ3) is 4.86. The summed E-state index contributed by atoms with van der Waals surface area (Å²) in [7, 11) is -1.45. The maximum atomic E-state index is 13.3. The topological polar surface area (TPSA) is 96.5 Å². The number of nitrogens with zero attached hydrogens (tertiary/aromatic N) is 6. The number of halogens is 1. The zero-order valence-electron chi connectivity index (χ0n) is 19.6. The quantitative estimate of drug-likeness (QED) is 0.211. The molecule has 4 aromatic rings. The molecule has 35 heavy (non-hydrogen) atoms. The van der Waals surface area contributed by atoms with Crippen LogP contribution >= 0.6 is 11.3 Å². The summed E-state index contributed by atoms with van der Waals surface area (Å²) >= 11 is 1.49. The number of aryl methyl sites for hydroxylation is 1. The lowest BCUT2D eigenvalue weighted by Gasteiger charge is -2.19. The van der Waals surface area contributed by atoms with Crippen LogP contribution in [-0.4, -0.2) is 64.7 Å². The molecule has 0 bridgehead atoms. The summed E-state index contributed by atoms with van der Waals surface area (Å²) in [6.07, 6.45) is 2.24. The first-order valence-electron chi connectivity index (χ1n) is 11.2. The van der Waals surface area contributed by atoms with E-state index in [0.717, 1.165) is 45.6 Å². The van der Waals surface area contributed by atoms with E-state index in [1.807, 2.05) is 45.8 Å². The fourth-order valence-corrected chi connectivity index (χ4v) is 5.78. The Balaban J connectivity index is 1.46. The Kier molecular flexibility index (Phi) is 6.20. The molecule has 0 saturated carbocycles. The van der Waals surface area contributed by atoms with E-state index in [1.54, 1.807) is 12.1 Å². The van der Waals surface area contributed by atoms with Crippen molar-refractivity contribution in [1.29, 1.82) is 0 Å². The molecule has 1 aromatic carbocycles. The van der Waals surface area contributed by atoms with Crippen molar-refractivity contribution in [3.05, 3.63) is 53.3 Å². The first kappa shape index (κ1) is 23.6. The van der Waals surface area contributed by atoms with Crippen molar-refractivity contribution < 1.29 is 17.0 Å². The minimum atomic E-state index is -3.39. The van der Waals surface area contributed by atoms with E-state index in [1.165, 1.54) is 23.5 Å². The van der Waals surface area contributed by atoms with Gasteiger partial charge < -0.3 is 14.0 Å². The average Bonchev–Trinajstić information content (AvgIpc) is 3.56. The first-order valence-corrected chi connectivity index (χ1v) is 14.0. The minimum Gasteiger partial charge on any atom is -0.347 e. The van der Waals surface area contributed by atoms with Crippen LogP contribution in [0.4, 0.5) is 21.2 Å². The van der Waals surface area contributed by atoms with Gasteiger partial charge in [-0.1, -0.05) is 6.92 Å². The highest BCUT2D eigenvalue weighted by molar-refractivity contribution is 7.85. The van der Waals surface area contributed by atoms with Crippen molar-refractivity contribution in [1.82, 2.24) is 19.6 Å². The molecule has 1 N–H and O–H groups in total. The molecule has 5 rings (SSSR count). The van der Waals surface area contributed by atoms with Gasteiger partial charge in [0.2, 0.25) is 0 Å². The van der Waals surface area contributed by atoms with Gasteiger partial charge in [0.05, 0.1) is 17.9 Å². The number of hydrogen-bond donors (Lipinski definition) is 0. The van der Waals surface area contributed by atoms with Crippen LogP contribution in [0.5, 0.6) is 0 Å². The average molecular weight is 518 g/mol. The maximum Gasteiger partial charge on any atom is 0.376 e. The Labute approximate surface area is 206 Å². The second-order valence-corrected chi connectivity index (χ2v) is 11.0. The number of aromatic nitrogens is 4. The Morgan fingerprint density at radius 3 is 2.69 bits per heavy atom. The molecule has 3 aromatic heterocycles. The van der Waals surface area contributed by atoms with Crippen LogP contribution in [0.25, 0.3) is 16.9 Å². The van der Waals surface area contributed by atoms with Gasteiger partial charge in [0.25, 0.3) is 0 Å². The number of rotatable bonds is 7. The highest BCUT2D eigenvalue weighted by Gasteiger charge is 2.31. The van der Waals surface area contributed by atoms with E-state index >= 15 is 0 Å². The van der Waals surface area contributed by atoms with E-state index in [4.69, 9.17) is 15.1 Å². The van der Waals surface area contributed by atoms with Gasteiger partial charge in [-0.2, -0.15) is 12.9 Å². The lowest BCUT2D eigenvalue weighted by Crippen LogP contribution is -2.28. The normalized spacial score (nSPS) is 16.3. The molecule has 0 amide bonds. The van der Waals surface area contributed by atoms with Crippen molar-refractivity contribution in [3.8, 4) is 11.3 Å². The van der Waals surface area contributed by atoms with E-state index in [9.17, 15) is 12.8 Å². The zero-order chi connectivity index (χ0) is 24.7. The molecule has 12 heteroatoms. The number of fused-ring (bicyclic) bond motifs is 1. The molecule has 0 radical (unpaired) electrons. The third-order valence-corrected chi connectivity index (χ3v) is 7.51. The Morgan fingerprint density at radius 2 is 1.97 bits per heavy atom. The first-order chi connectivity index (χ1) is 16.7.